The fourth-order valence-corrected chi connectivity index (χ4v) is 2.04. The summed E-state index contributed by atoms with van der Waals surface area (Å²) in [4.78, 5) is 14.6. The van der Waals surface area contributed by atoms with Crippen LogP contribution in [0.15, 0.2) is 23.5 Å². The number of nitrogens with zero attached hydrogens (tertiary/aromatic N) is 1. The third-order valence-electron chi connectivity index (χ3n) is 2.68. The van der Waals surface area contributed by atoms with E-state index in [-0.39, 0.29) is 5.91 Å². The Balaban J connectivity index is 2.84. The molecule has 0 saturated carbocycles. The summed E-state index contributed by atoms with van der Waals surface area (Å²) >= 11 is 5.27. The maximum absolute atomic E-state index is 12.1. The van der Waals surface area contributed by atoms with E-state index in [9.17, 15) is 4.79 Å². The van der Waals surface area contributed by atoms with Crippen molar-refractivity contribution < 1.29 is 9.53 Å². The van der Waals surface area contributed by atoms with Crippen LogP contribution in [0.25, 0.3) is 0 Å². The van der Waals surface area contributed by atoms with Gasteiger partial charge in [-0.2, -0.15) is 0 Å². The molecule has 1 aliphatic rings. The summed E-state index contributed by atoms with van der Waals surface area (Å²) in [6.45, 7) is 7.91. The fraction of sp³-hybridized carbons (Fsp3) is 0.538. The largest absolute Gasteiger partial charge is 0.498 e. The summed E-state index contributed by atoms with van der Waals surface area (Å²) < 4.78 is 5.40. The molecule has 0 saturated heterocycles. The highest BCUT2D eigenvalue weighted by Gasteiger charge is 2.22. The summed E-state index contributed by atoms with van der Waals surface area (Å²) in [5.74, 6) is 0.861. The summed E-state index contributed by atoms with van der Waals surface area (Å²) in [5, 5.41) is 0. The Morgan fingerprint density at radius 1 is 1.35 bits per heavy atom. The zero-order valence-corrected chi connectivity index (χ0v) is 11.5. The number of carbonyl (C=O) groups excluding carboxylic acids is 1. The van der Waals surface area contributed by atoms with Crippen LogP contribution in [0, 0.1) is 0 Å². The van der Waals surface area contributed by atoms with Crippen molar-refractivity contribution in [3.8, 4) is 0 Å². The number of thiocarbonyl (C=S) groups is 1. The molecule has 0 fully saturated rings. The Bertz CT molecular complexity index is 368. The summed E-state index contributed by atoms with van der Waals surface area (Å²) in [5.41, 5.74) is 0.632. The van der Waals surface area contributed by atoms with Crippen LogP contribution < -0.4 is 0 Å². The first-order valence-corrected chi connectivity index (χ1v) is 6.40. The molecule has 0 atom stereocenters. The molecule has 0 aromatic heterocycles. The Morgan fingerprint density at radius 3 is 2.47 bits per heavy atom. The minimum Gasteiger partial charge on any atom is -0.498 e. The molecule has 17 heavy (non-hydrogen) atoms. The van der Waals surface area contributed by atoms with Gasteiger partial charge in [-0.15, -0.1) is 0 Å². The number of carbonyl (C=O) groups is 1. The molecule has 3 nitrogen and oxygen atoms in total. The second kappa shape index (κ2) is 6.55. The molecule has 0 spiro atoms. The van der Waals surface area contributed by atoms with Gasteiger partial charge in [-0.25, -0.2) is 0 Å². The molecule has 1 rings (SSSR count). The average molecular weight is 253 g/mol. The van der Waals surface area contributed by atoms with E-state index in [0.717, 1.165) is 5.76 Å². The van der Waals surface area contributed by atoms with Crippen molar-refractivity contribution in [1.29, 1.82) is 0 Å². The molecule has 0 bridgehead atoms. The molecule has 0 aliphatic heterocycles. The maximum atomic E-state index is 12.1. The first-order chi connectivity index (χ1) is 8.13. The van der Waals surface area contributed by atoms with Crippen LogP contribution in [0.2, 0.25) is 0 Å². The number of allylic oxidation sites excluding steroid dienone is 3. The number of hydrogen-bond acceptors (Lipinski definition) is 3. The predicted molar refractivity (Wildman–Crippen MR) is 72.9 cm³/mol. The Morgan fingerprint density at radius 2 is 2.00 bits per heavy atom. The molecule has 4 heteroatoms. The Labute approximate surface area is 108 Å². The average Bonchev–Trinajstić information content (AvgIpc) is 2.31. The van der Waals surface area contributed by atoms with Crippen molar-refractivity contribution in [3.63, 3.8) is 0 Å². The lowest BCUT2D eigenvalue weighted by molar-refractivity contribution is -0.126. The van der Waals surface area contributed by atoms with Crippen molar-refractivity contribution in [2.75, 3.05) is 19.7 Å². The van der Waals surface area contributed by atoms with Gasteiger partial charge >= 0.3 is 0 Å². The molecule has 1 aliphatic carbocycles. The van der Waals surface area contributed by atoms with E-state index in [4.69, 9.17) is 17.0 Å². The predicted octanol–water partition coefficient (Wildman–Crippen LogP) is 2.48. The number of amides is 1. The van der Waals surface area contributed by atoms with Gasteiger partial charge in [-0.1, -0.05) is 12.2 Å². The minimum atomic E-state index is 0.0202. The quantitative estimate of drug-likeness (QED) is 0.705. The molecular weight excluding hydrogens is 234 g/mol. The van der Waals surface area contributed by atoms with Crippen molar-refractivity contribution in [2.45, 2.75) is 27.2 Å². The van der Waals surface area contributed by atoms with E-state index in [2.05, 4.69) is 0 Å². The van der Waals surface area contributed by atoms with E-state index >= 15 is 0 Å². The summed E-state index contributed by atoms with van der Waals surface area (Å²) in [7, 11) is 0. The molecule has 0 aromatic rings. The highest BCUT2D eigenvalue weighted by Crippen LogP contribution is 2.19. The normalized spacial score (nSPS) is 15.1. The lowest BCUT2D eigenvalue weighted by Gasteiger charge is -2.22. The second-order valence-electron chi connectivity index (χ2n) is 3.72. The highest BCUT2D eigenvalue weighted by atomic mass is 32.1. The molecule has 0 radical (unpaired) electrons. The van der Waals surface area contributed by atoms with Crippen LogP contribution in [-0.2, 0) is 9.53 Å². The summed E-state index contributed by atoms with van der Waals surface area (Å²) in [6.07, 6.45) is 4.18. The van der Waals surface area contributed by atoms with Gasteiger partial charge in [0.2, 0.25) is 0 Å². The van der Waals surface area contributed by atoms with E-state index in [0.29, 0.717) is 36.6 Å². The van der Waals surface area contributed by atoms with Crippen LogP contribution in [0.3, 0.4) is 0 Å². The third-order valence-corrected chi connectivity index (χ3v) is 3.05. The van der Waals surface area contributed by atoms with Crippen LogP contribution >= 0.6 is 12.2 Å². The van der Waals surface area contributed by atoms with Gasteiger partial charge in [-0.3, -0.25) is 4.79 Å². The van der Waals surface area contributed by atoms with Crippen LogP contribution in [0.4, 0.5) is 0 Å². The van der Waals surface area contributed by atoms with Gasteiger partial charge in [0.1, 0.15) is 5.76 Å². The lowest BCUT2D eigenvalue weighted by atomic mass is 10.0. The van der Waals surface area contributed by atoms with Crippen molar-refractivity contribution in [3.05, 3.63) is 23.5 Å². The number of rotatable bonds is 5. The zero-order valence-electron chi connectivity index (χ0n) is 10.7. The van der Waals surface area contributed by atoms with Gasteiger partial charge < -0.3 is 9.64 Å². The van der Waals surface area contributed by atoms with Crippen LogP contribution in [0.1, 0.15) is 27.2 Å². The van der Waals surface area contributed by atoms with Crippen LogP contribution in [0.5, 0.6) is 0 Å². The van der Waals surface area contributed by atoms with Gasteiger partial charge in [0.25, 0.3) is 5.91 Å². The smallest absolute Gasteiger partial charge is 0.254 e. The zero-order chi connectivity index (χ0) is 12.8. The highest BCUT2D eigenvalue weighted by molar-refractivity contribution is 7.81. The first kappa shape index (κ1) is 13.9. The lowest BCUT2D eigenvalue weighted by Crippen LogP contribution is -2.34. The number of likely N-dealkylation sites (N-methyl/N-ethyl adjacent to an activating group) is 1. The summed E-state index contributed by atoms with van der Waals surface area (Å²) in [6, 6.07) is 0. The molecule has 0 aromatic carbocycles. The fourth-order valence-electron chi connectivity index (χ4n) is 1.74. The SMILES string of the molecule is CCOC1=CC=C(C(=O)N(CC)CC)C(=S)C1. The molecule has 0 heterocycles. The molecule has 94 valence electrons. The van der Waals surface area contributed by atoms with Crippen LogP contribution in [-0.4, -0.2) is 35.4 Å². The van der Waals surface area contributed by atoms with Gasteiger partial charge in [0.05, 0.1) is 12.2 Å². The maximum Gasteiger partial charge on any atom is 0.254 e. The molecule has 0 unspecified atom stereocenters. The van der Waals surface area contributed by atoms with E-state index < -0.39 is 0 Å². The number of hydrogen-bond donors (Lipinski definition) is 0. The standard InChI is InChI=1S/C13H19NO2S/c1-4-14(5-2)13(15)11-8-7-10(16-6-3)9-12(11)17/h7-8H,4-6,9H2,1-3H3. The van der Waals surface area contributed by atoms with Crippen molar-refractivity contribution in [1.82, 2.24) is 4.90 Å². The van der Waals surface area contributed by atoms with Crippen molar-refractivity contribution >= 4 is 23.0 Å². The molecule has 1 amide bonds. The van der Waals surface area contributed by atoms with E-state index in [1.54, 1.807) is 11.0 Å². The van der Waals surface area contributed by atoms with Gasteiger partial charge in [0, 0.05) is 24.4 Å². The topological polar surface area (TPSA) is 29.5 Å². The number of ether oxygens (including phenoxy) is 1. The Kier molecular flexibility index (Phi) is 5.35. The minimum absolute atomic E-state index is 0.0202. The van der Waals surface area contributed by atoms with E-state index in [1.807, 2.05) is 26.8 Å². The molecular formula is C13H19NO2S. The van der Waals surface area contributed by atoms with Crippen molar-refractivity contribution in [2.24, 2.45) is 0 Å². The monoisotopic (exact) mass is 253 g/mol. The third kappa shape index (κ3) is 3.40. The first-order valence-electron chi connectivity index (χ1n) is 6.00. The molecule has 0 N–H and O–H groups in total. The van der Waals surface area contributed by atoms with Gasteiger partial charge in [0.15, 0.2) is 0 Å². The second-order valence-corrected chi connectivity index (χ2v) is 4.22. The Hall–Kier alpha value is -1.16. The van der Waals surface area contributed by atoms with Gasteiger partial charge in [-0.05, 0) is 32.9 Å². The van der Waals surface area contributed by atoms with E-state index in [1.165, 1.54) is 0 Å².